The second-order valence-corrected chi connectivity index (χ2v) is 29.7. The van der Waals surface area contributed by atoms with Gasteiger partial charge >= 0.3 is 8.25 Å². The van der Waals surface area contributed by atoms with Gasteiger partial charge in [0.15, 0.2) is 12.6 Å². The van der Waals surface area contributed by atoms with E-state index >= 15 is 0 Å². The molecule has 8 heterocycles. The summed E-state index contributed by atoms with van der Waals surface area (Å²) in [6, 6.07) is 34.0. The number of thiophene rings is 8. The first-order valence-corrected chi connectivity index (χ1v) is 38.1. The number of rotatable bonds is 21. The fraction of sp³-hybridized carbons (Fsp3) is 0.254. The van der Waals surface area contributed by atoms with Gasteiger partial charge in [-0.05, 0) is 208 Å². The van der Waals surface area contributed by atoms with Crippen LogP contribution in [0.1, 0.15) is 108 Å². The van der Waals surface area contributed by atoms with Crippen molar-refractivity contribution in [3.63, 3.8) is 0 Å². The van der Waals surface area contributed by atoms with Gasteiger partial charge in [-0.3, -0.25) is 9.59 Å². The summed E-state index contributed by atoms with van der Waals surface area (Å²) in [6.45, 7) is 19.0. The Balaban J connectivity index is 0.000000288. The number of aryl methyl sites for hydroxylation is 7. The first kappa shape index (κ1) is 76.8. The average Bonchev–Trinajstić information content (AvgIpc) is 1.74. The average molecular weight is 1490 g/mol. The quantitative estimate of drug-likeness (QED) is 0.0546. The standard InChI is InChI=1S/C32H30O2S4.C20H14O2S4.C13H20O2.C2H5O3P.H4OP2.2V/c1-7-8-22-17-26(34-6)23(18-25(22)33-5)10-11-24-12-14-28(36-24)32-20(3)16-30(38-32)29-15-19(2)31(37-29)27-13-9-21(4)35-27;1-11-7-17(25-19(11)15-5-3-13(9-21)23-15)18-8-12(2)20(26-18)16-6-4-14(10-22)24-16;1-5-7-11-9-12(14-3)10(6-2)8-13(11)15-4;1-2-5-6(3)4;1-3-2;;/h7-18H,1-6H3;3-10H,1-2H3;8-9H,5-7H2,1-4H3;2H2,1H3;1,3H,2H2;;/b8-7+,11-10+;;;;;;/i;;;;1T;;. The van der Waals surface area contributed by atoms with Crippen LogP contribution < -0.4 is 23.8 Å². The van der Waals surface area contributed by atoms with Crippen LogP contribution >= 0.6 is 116 Å². The number of methoxy groups -OCH3 is 4. The third-order valence-corrected chi connectivity index (χ3v) is 23.7. The van der Waals surface area contributed by atoms with Crippen molar-refractivity contribution in [1.29, 1.82) is 1.43 Å². The van der Waals surface area contributed by atoms with Crippen LogP contribution in [0.15, 0.2) is 103 Å². The molecule has 0 fully saturated rings. The zero-order valence-corrected chi connectivity index (χ0v) is 64.7. The number of aldehydes is 2. The second kappa shape index (κ2) is 39.7. The molecule has 10 aromatic rings. The van der Waals surface area contributed by atoms with Crippen molar-refractivity contribution in [3.05, 3.63) is 167 Å². The molecule has 0 spiro atoms. The van der Waals surface area contributed by atoms with Gasteiger partial charge in [0.05, 0.1) is 44.8 Å². The zero-order chi connectivity index (χ0) is 64.7. The minimum absolute atomic E-state index is 0. The van der Waals surface area contributed by atoms with Crippen LogP contribution in [0.5, 0.6) is 23.0 Å². The Morgan fingerprint density at radius 2 is 0.900 bits per heavy atom. The van der Waals surface area contributed by atoms with E-state index in [1.54, 1.807) is 58.0 Å². The number of hydrogen-bond acceptors (Lipinski definition) is 18. The van der Waals surface area contributed by atoms with Gasteiger partial charge in [-0.2, -0.15) is 0 Å². The van der Waals surface area contributed by atoms with Gasteiger partial charge in [0.1, 0.15) is 23.0 Å². The number of hydrogen-bond donors (Lipinski definition) is 1. The van der Waals surface area contributed by atoms with Crippen molar-refractivity contribution < 1.29 is 84.5 Å². The van der Waals surface area contributed by atoms with Crippen LogP contribution in [0.3, 0.4) is 0 Å². The van der Waals surface area contributed by atoms with Crippen molar-refractivity contribution in [2.24, 2.45) is 0 Å². The van der Waals surface area contributed by atoms with E-state index in [4.69, 9.17) is 20.4 Å². The molecule has 3 atom stereocenters. The number of benzene rings is 2. The van der Waals surface area contributed by atoms with Gasteiger partial charge in [0.2, 0.25) is 1.43 Å². The predicted octanol–water partition coefficient (Wildman–Crippen LogP) is 21.9. The fourth-order valence-corrected chi connectivity index (χ4v) is 18.2. The number of allylic oxidation sites excluding steroid dienone is 1. The Bertz CT molecular complexity index is 3910. The number of carbonyl (C=O) groups is 2. The van der Waals surface area contributed by atoms with Gasteiger partial charge < -0.3 is 28.7 Å². The van der Waals surface area contributed by atoms with E-state index in [1.807, 2.05) is 101 Å². The van der Waals surface area contributed by atoms with Crippen LogP contribution in [-0.2, 0) is 59.0 Å². The van der Waals surface area contributed by atoms with Crippen LogP contribution in [0.4, 0.5) is 0 Å². The first-order valence-electron chi connectivity index (χ1n) is 28.2. The van der Waals surface area contributed by atoms with Gasteiger partial charge in [-0.15, -0.1) is 95.2 Å². The molecule has 2 aromatic carbocycles. The molecule has 2 radical (unpaired) electrons. The maximum absolute atomic E-state index is 11.0. The Morgan fingerprint density at radius 3 is 1.22 bits per heavy atom. The van der Waals surface area contributed by atoms with Gasteiger partial charge in [0, 0.05) is 125 Å². The Kier molecular flexibility index (Phi) is 33.9. The molecule has 0 amide bonds. The molecule has 3 unspecified atom stereocenters. The molecular weight excluding hydrogens is 1420 g/mol. The summed E-state index contributed by atoms with van der Waals surface area (Å²) >= 11 is 14.1. The van der Waals surface area contributed by atoms with E-state index in [0.717, 1.165) is 85.5 Å². The van der Waals surface area contributed by atoms with E-state index in [9.17, 15) is 19.0 Å². The van der Waals surface area contributed by atoms with E-state index in [-0.39, 0.29) is 52.2 Å². The molecule has 0 aliphatic heterocycles. The van der Waals surface area contributed by atoms with Crippen LogP contribution in [0.25, 0.3) is 76.8 Å². The third kappa shape index (κ3) is 21.6. The molecule has 0 saturated carbocycles. The second-order valence-electron chi connectivity index (χ2n) is 19.3. The first-order chi connectivity index (χ1) is 42.9. The molecule has 0 saturated heterocycles. The number of carbonyl (C=O) groups excluding carboxylic acids is 2. The zero-order valence-electron chi connectivity index (χ0n) is 53.3. The topological polar surface area (TPSA) is 141 Å². The summed E-state index contributed by atoms with van der Waals surface area (Å²) in [5.41, 5.74) is 9.58. The SMILES string of the molecule is C/C=C/c1cc(OC)c(/C=C/c2ccc(-c3sc(-c4cc(C)c(-c5ccc(C)s5)s4)cc3C)s2)cc1OC.CCCc1cc(OC)c(CC)cc1OC.CCO[P+](=O)[O-].Cc1cc(-c2cc(C)c(-c3ccc(C=O)s3)s2)sc1-c1ccc(C=O)s1.[3H]OPP.[V].[V]. The summed E-state index contributed by atoms with van der Waals surface area (Å²) in [6.07, 6.45) is 13.2. The van der Waals surface area contributed by atoms with Crippen molar-refractivity contribution >= 4 is 147 Å². The van der Waals surface area contributed by atoms with Crippen LogP contribution in [-0.4, -0.2) is 53.9 Å². The summed E-state index contributed by atoms with van der Waals surface area (Å²) in [5.74, 6) is 3.61. The van der Waals surface area contributed by atoms with E-state index in [1.165, 1.54) is 115 Å². The summed E-state index contributed by atoms with van der Waals surface area (Å²) in [7, 11) is 6.75. The molecule has 474 valence electrons. The largest absolute Gasteiger partial charge is 0.566 e. The molecule has 8 aromatic heterocycles. The Morgan fingerprint density at radius 1 is 0.522 bits per heavy atom. The third-order valence-electron chi connectivity index (χ3n) is 13.1. The molecule has 0 bridgehead atoms. The molecule has 0 aliphatic rings. The molecular formula is C67H73O10P3S8V2. The van der Waals surface area contributed by atoms with Gasteiger partial charge in [-0.25, -0.2) is 0 Å². The van der Waals surface area contributed by atoms with Crippen molar-refractivity contribution in [2.75, 3.05) is 35.0 Å². The normalized spacial score (nSPS) is 11.1. The van der Waals surface area contributed by atoms with Crippen molar-refractivity contribution in [3.8, 4) is 81.5 Å². The molecule has 90 heavy (non-hydrogen) atoms. The van der Waals surface area contributed by atoms with E-state index < -0.39 is 8.25 Å². The summed E-state index contributed by atoms with van der Waals surface area (Å²) in [4.78, 5) is 54.5. The molecule has 23 heteroatoms. The Labute approximate surface area is 592 Å². The molecule has 1 N–H and O–H groups in total. The summed E-state index contributed by atoms with van der Waals surface area (Å²) < 4.78 is 41.4. The predicted molar refractivity (Wildman–Crippen MR) is 389 cm³/mol. The van der Waals surface area contributed by atoms with Crippen LogP contribution in [0.2, 0.25) is 0 Å². The number of ether oxygens (including phenoxy) is 4. The minimum Gasteiger partial charge on any atom is -0.566 e. The van der Waals surface area contributed by atoms with E-state index in [0.29, 0.717) is 0 Å². The van der Waals surface area contributed by atoms with Gasteiger partial charge in [0.25, 0.3) is 0 Å². The fourth-order valence-electron chi connectivity index (χ4n) is 9.02. The van der Waals surface area contributed by atoms with Crippen molar-refractivity contribution in [2.45, 2.75) is 81.6 Å². The monoisotopic (exact) mass is 1490 g/mol. The molecule has 0 aliphatic carbocycles. The maximum atomic E-state index is 11.0. The smallest absolute Gasteiger partial charge is 0.488 e. The molecule has 10 rings (SSSR count). The molecule has 10 nitrogen and oxygen atoms in total. The Hall–Kier alpha value is -3.93. The van der Waals surface area contributed by atoms with E-state index in [2.05, 4.69) is 140 Å². The minimum atomic E-state index is -2.60. The van der Waals surface area contributed by atoms with Gasteiger partial charge in [-0.1, -0.05) is 41.3 Å². The van der Waals surface area contributed by atoms with Crippen molar-refractivity contribution in [1.82, 2.24) is 0 Å². The maximum Gasteiger partial charge on any atom is 0.488 e. The van der Waals surface area contributed by atoms with Crippen LogP contribution in [0, 0.1) is 34.6 Å². The summed E-state index contributed by atoms with van der Waals surface area (Å²) in [5, 5.41) is 0.